The van der Waals surface area contributed by atoms with E-state index in [1.165, 1.54) is 50.4 Å². The Morgan fingerprint density at radius 3 is 2.72 bits per heavy atom. The zero-order valence-corrected chi connectivity index (χ0v) is 13.6. The summed E-state index contributed by atoms with van der Waals surface area (Å²) in [5, 5.41) is 3.72. The van der Waals surface area contributed by atoms with E-state index in [0.29, 0.717) is 6.04 Å². The van der Waals surface area contributed by atoms with Gasteiger partial charge in [0.25, 0.3) is 0 Å². The van der Waals surface area contributed by atoms with Crippen molar-refractivity contribution in [1.82, 2.24) is 10.2 Å². The second kappa shape index (κ2) is 9.22. The fraction of sp³-hybridized carbons (Fsp3) is 1.00. The molecule has 1 rings (SSSR count). The molecule has 2 nitrogen and oxygen atoms in total. The van der Waals surface area contributed by atoms with Gasteiger partial charge in [-0.25, -0.2) is 0 Å². The third-order valence-corrected chi connectivity index (χ3v) is 5.26. The monoisotopic (exact) mass is 272 g/mol. The lowest BCUT2D eigenvalue weighted by molar-refractivity contribution is 0.0908. The number of nitrogens with one attached hydrogen (secondary N) is 1. The van der Waals surface area contributed by atoms with Gasteiger partial charge in [-0.1, -0.05) is 34.1 Å². The van der Waals surface area contributed by atoms with Gasteiger partial charge in [-0.05, 0) is 36.8 Å². The fourth-order valence-electron chi connectivity index (χ4n) is 2.78. The van der Waals surface area contributed by atoms with Crippen molar-refractivity contribution in [3.63, 3.8) is 0 Å². The lowest BCUT2D eigenvalue weighted by atomic mass is 9.94. The van der Waals surface area contributed by atoms with E-state index in [1.807, 2.05) is 0 Å². The van der Waals surface area contributed by atoms with E-state index in [4.69, 9.17) is 0 Å². The molecule has 0 aromatic carbocycles. The molecule has 0 saturated carbocycles. The molecular weight excluding hydrogens is 240 g/mol. The van der Waals surface area contributed by atoms with Gasteiger partial charge in [-0.15, -0.1) is 0 Å². The average Bonchev–Trinajstić information content (AvgIpc) is 2.42. The van der Waals surface area contributed by atoms with Crippen LogP contribution >= 0.6 is 11.8 Å². The molecular formula is C15H32N2S. The highest BCUT2D eigenvalue weighted by molar-refractivity contribution is 7.99. The topological polar surface area (TPSA) is 15.3 Å². The first-order chi connectivity index (χ1) is 8.72. The molecule has 0 aromatic rings. The van der Waals surface area contributed by atoms with E-state index in [2.05, 4.69) is 49.7 Å². The Kier molecular flexibility index (Phi) is 8.36. The molecule has 3 unspecified atom stereocenters. The van der Waals surface area contributed by atoms with Gasteiger partial charge in [0, 0.05) is 25.2 Å². The van der Waals surface area contributed by atoms with E-state index in [1.54, 1.807) is 0 Å². The third-order valence-electron chi connectivity index (χ3n) is 4.27. The minimum Gasteiger partial charge on any atom is -0.311 e. The molecule has 1 N–H and O–H groups in total. The molecule has 18 heavy (non-hydrogen) atoms. The van der Waals surface area contributed by atoms with Crippen LogP contribution in [0.25, 0.3) is 0 Å². The smallest absolute Gasteiger partial charge is 0.0246 e. The van der Waals surface area contributed by atoms with Gasteiger partial charge in [0.1, 0.15) is 0 Å². The van der Waals surface area contributed by atoms with Gasteiger partial charge < -0.3 is 5.32 Å². The van der Waals surface area contributed by atoms with Crippen LogP contribution in [0, 0.1) is 5.92 Å². The first kappa shape index (κ1) is 16.3. The van der Waals surface area contributed by atoms with Crippen molar-refractivity contribution in [3.05, 3.63) is 0 Å². The van der Waals surface area contributed by atoms with Crippen LogP contribution in [0.3, 0.4) is 0 Å². The minimum absolute atomic E-state index is 0.712. The van der Waals surface area contributed by atoms with Gasteiger partial charge >= 0.3 is 0 Å². The predicted molar refractivity (Wildman–Crippen MR) is 84.5 cm³/mol. The van der Waals surface area contributed by atoms with Gasteiger partial charge in [-0.3, -0.25) is 4.90 Å². The third kappa shape index (κ3) is 5.10. The molecule has 1 aliphatic rings. The van der Waals surface area contributed by atoms with Gasteiger partial charge in [-0.2, -0.15) is 11.8 Å². The van der Waals surface area contributed by atoms with Crippen LogP contribution in [0.2, 0.25) is 0 Å². The summed E-state index contributed by atoms with van der Waals surface area (Å²) in [5.74, 6) is 3.40. The van der Waals surface area contributed by atoms with Crippen LogP contribution < -0.4 is 5.32 Å². The number of rotatable bonds is 8. The van der Waals surface area contributed by atoms with Crippen molar-refractivity contribution in [1.29, 1.82) is 0 Å². The van der Waals surface area contributed by atoms with Crippen molar-refractivity contribution in [2.24, 2.45) is 5.92 Å². The summed E-state index contributed by atoms with van der Waals surface area (Å²) in [4.78, 5) is 2.76. The van der Waals surface area contributed by atoms with Crippen LogP contribution in [0.15, 0.2) is 0 Å². The largest absolute Gasteiger partial charge is 0.311 e. The Labute approximate surface area is 118 Å². The zero-order valence-electron chi connectivity index (χ0n) is 12.7. The summed E-state index contributed by atoms with van der Waals surface area (Å²) in [7, 11) is 0. The Morgan fingerprint density at radius 2 is 2.11 bits per heavy atom. The molecule has 0 spiro atoms. The summed E-state index contributed by atoms with van der Waals surface area (Å²) in [5.41, 5.74) is 0. The summed E-state index contributed by atoms with van der Waals surface area (Å²) in [6.45, 7) is 13.0. The lowest BCUT2D eigenvalue weighted by Gasteiger charge is -2.43. The Balaban J connectivity index is 2.43. The van der Waals surface area contributed by atoms with Crippen LogP contribution in [-0.2, 0) is 0 Å². The Morgan fingerprint density at radius 1 is 1.33 bits per heavy atom. The number of piperazine rings is 1. The molecule has 0 aliphatic carbocycles. The molecule has 1 saturated heterocycles. The Bertz CT molecular complexity index is 211. The molecule has 0 bridgehead atoms. The van der Waals surface area contributed by atoms with Crippen LogP contribution in [0.4, 0.5) is 0 Å². The average molecular weight is 273 g/mol. The molecule has 1 aliphatic heterocycles. The molecule has 3 atom stereocenters. The second-order valence-corrected chi connectivity index (χ2v) is 6.91. The summed E-state index contributed by atoms with van der Waals surface area (Å²) in [6.07, 6.45) is 3.90. The van der Waals surface area contributed by atoms with Gasteiger partial charge in [0.15, 0.2) is 0 Å². The van der Waals surface area contributed by atoms with Crippen LogP contribution in [0.5, 0.6) is 0 Å². The van der Waals surface area contributed by atoms with E-state index in [-0.39, 0.29) is 0 Å². The molecule has 0 radical (unpaired) electrons. The van der Waals surface area contributed by atoms with Gasteiger partial charge in [0.2, 0.25) is 0 Å². The first-order valence-electron chi connectivity index (χ1n) is 7.78. The summed E-state index contributed by atoms with van der Waals surface area (Å²) >= 11 is 2.08. The molecule has 1 fully saturated rings. The van der Waals surface area contributed by atoms with Crippen molar-refractivity contribution in [2.75, 3.05) is 31.1 Å². The number of hydrogen-bond acceptors (Lipinski definition) is 3. The lowest BCUT2D eigenvalue weighted by Crippen LogP contribution is -2.58. The number of thioether (sulfide) groups is 1. The van der Waals surface area contributed by atoms with Crippen molar-refractivity contribution in [2.45, 2.75) is 59.0 Å². The fourth-order valence-corrected chi connectivity index (χ4v) is 3.40. The highest BCUT2D eigenvalue weighted by atomic mass is 32.2. The Hall–Kier alpha value is 0.270. The van der Waals surface area contributed by atoms with E-state index in [0.717, 1.165) is 12.0 Å². The predicted octanol–water partition coefficient (Wildman–Crippen LogP) is 3.23. The van der Waals surface area contributed by atoms with E-state index < -0.39 is 0 Å². The van der Waals surface area contributed by atoms with E-state index >= 15 is 0 Å². The highest BCUT2D eigenvalue weighted by Crippen LogP contribution is 2.19. The molecule has 3 heteroatoms. The SMILES string of the molecule is CCSCCCN1CC(CC)NCC1C(C)CC. The molecule has 0 aromatic heterocycles. The van der Waals surface area contributed by atoms with Crippen molar-refractivity contribution >= 4 is 11.8 Å². The minimum atomic E-state index is 0.712. The summed E-state index contributed by atoms with van der Waals surface area (Å²) in [6, 6.07) is 1.47. The van der Waals surface area contributed by atoms with Crippen molar-refractivity contribution < 1.29 is 0 Å². The number of nitrogens with zero attached hydrogens (tertiary/aromatic N) is 1. The van der Waals surface area contributed by atoms with Gasteiger partial charge in [0.05, 0.1) is 0 Å². The molecule has 0 amide bonds. The van der Waals surface area contributed by atoms with Crippen LogP contribution in [0.1, 0.15) is 47.0 Å². The normalized spacial score (nSPS) is 27.3. The first-order valence-corrected chi connectivity index (χ1v) is 8.93. The molecule has 108 valence electrons. The number of hydrogen-bond donors (Lipinski definition) is 1. The van der Waals surface area contributed by atoms with E-state index in [9.17, 15) is 0 Å². The highest BCUT2D eigenvalue weighted by Gasteiger charge is 2.29. The standard InChI is InChI=1S/C15H32N2S/c1-5-13(4)15-11-16-14(6-2)12-17(15)9-8-10-18-7-3/h13-16H,5-12H2,1-4H3. The maximum Gasteiger partial charge on any atom is 0.0246 e. The zero-order chi connectivity index (χ0) is 13.4. The molecule has 1 heterocycles. The summed E-state index contributed by atoms with van der Waals surface area (Å²) < 4.78 is 0. The van der Waals surface area contributed by atoms with Crippen LogP contribution in [-0.4, -0.2) is 48.1 Å². The quantitative estimate of drug-likeness (QED) is 0.683. The maximum atomic E-state index is 3.72. The van der Waals surface area contributed by atoms with Crippen molar-refractivity contribution in [3.8, 4) is 0 Å². The maximum absolute atomic E-state index is 3.72. The second-order valence-electron chi connectivity index (χ2n) is 5.51.